The molecule has 170 valence electrons. The Labute approximate surface area is 247 Å². The number of aromatic nitrogens is 2. The molecule has 33 heavy (non-hydrogen) atoms. The summed E-state index contributed by atoms with van der Waals surface area (Å²) < 4.78 is 2.13. The quantitative estimate of drug-likeness (QED) is 0.340. The number of fused-ring (bicyclic) bond motifs is 1. The van der Waals surface area contributed by atoms with Crippen LogP contribution in [-0.4, -0.2) is 70.4 Å². The number of benzene rings is 1. The molecule has 0 atom stereocenters. The molecule has 3 heterocycles. The Balaban J connectivity index is 0.00000306. The van der Waals surface area contributed by atoms with Crippen LogP contribution in [-0.2, 0) is 17.4 Å². The van der Waals surface area contributed by atoms with Gasteiger partial charge in [-0.3, -0.25) is 14.7 Å². The van der Waals surface area contributed by atoms with Crippen LogP contribution in [0.1, 0.15) is 31.7 Å². The molecule has 2 aliphatic rings. The summed E-state index contributed by atoms with van der Waals surface area (Å²) in [4.78, 5) is 21.9. The van der Waals surface area contributed by atoms with Crippen LogP contribution in [0.5, 0.6) is 0 Å². The average Bonchev–Trinajstić information content (AvgIpc) is 3.13. The van der Waals surface area contributed by atoms with Crippen molar-refractivity contribution in [2.45, 2.75) is 36.9 Å². The van der Waals surface area contributed by atoms with Crippen LogP contribution in [0.2, 0.25) is 5.02 Å². The van der Waals surface area contributed by atoms with Crippen molar-refractivity contribution in [3.8, 4) is 0 Å². The number of likely N-dealkylation sites (tertiary alicyclic amines) is 2. The number of imidazole rings is 1. The third-order valence-corrected chi connectivity index (χ3v) is 7.11. The van der Waals surface area contributed by atoms with Crippen LogP contribution in [0, 0.1) is 16.7 Å². The van der Waals surface area contributed by atoms with Crippen molar-refractivity contribution < 1.29 is 56.2 Å². The van der Waals surface area contributed by atoms with E-state index in [9.17, 15) is 4.79 Å². The van der Waals surface area contributed by atoms with Gasteiger partial charge in [0.15, 0.2) is 0 Å². The van der Waals surface area contributed by atoms with Crippen molar-refractivity contribution in [3.05, 3.63) is 34.9 Å². The van der Waals surface area contributed by atoms with Gasteiger partial charge in [0, 0.05) is 49.0 Å². The molecule has 2 aliphatic heterocycles. The van der Waals surface area contributed by atoms with Crippen molar-refractivity contribution in [2.24, 2.45) is 5.92 Å². The maximum atomic E-state index is 13.1. The van der Waals surface area contributed by atoms with Crippen LogP contribution < -0.4 is 51.4 Å². The summed E-state index contributed by atoms with van der Waals surface area (Å²) in [5.74, 6) is 0.343. The van der Waals surface area contributed by atoms with Gasteiger partial charge in [0.1, 0.15) is 0 Å². The third kappa shape index (κ3) is 6.32. The molecule has 0 aliphatic carbocycles. The summed E-state index contributed by atoms with van der Waals surface area (Å²) in [6.07, 6.45) is 7.62. The van der Waals surface area contributed by atoms with Gasteiger partial charge in [0.25, 0.3) is 0 Å². The van der Waals surface area contributed by atoms with Gasteiger partial charge in [0.2, 0.25) is 5.91 Å². The third-order valence-electron chi connectivity index (χ3n) is 6.59. The Morgan fingerprint density at radius 2 is 1.85 bits per heavy atom. The molecule has 2 fully saturated rings. The Morgan fingerprint density at radius 3 is 2.48 bits per heavy atom. The van der Waals surface area contributed by atoms with E-state index < -0.39 is 0 Å². The number of piperidine rings is 2. The monoisotopic (exact) mass is 510 g/mol. The molecule has 0 radical (unpaired) electrons. The zero-order chi connectivity index (χ0) is 22.7. The summed E-state index contributed by atoms with van der Waals surface area (Å²) in [7, 11) is 0. The summed E-state index contributed by atoms with van der Waals surface area (Å²) >= 11 is 11.6. The van der Waals surface area contributed by atoms with E-state index in [0.717, 1.165) is 68.5 Å². The van der Waals surface area contributed by atoms with E-state index in [0.29, 0.717) is 16.7 Å². The van der Waals surface area contributed by atoms with Crippen LogP contribution in [0.15, 0.2) is 35.0 Å². The van der Waals surface area contributed by atoms with Crippen LogP contribution in [0.3, 0.4) is 0 Å². The van der Waals surface area contributed by atoms with E-state index in [4.69, 9.17) is 35.0 Å². The minimum Gasteiger partial charge on any atom is -0.742 e. The second-order valence-electron chi connectivity index (χ2n) is 8.56. The second-order valence-corrected chi connectivity index (χ2v) is 9.36. The minimum absolute atomic E-state index is 0. The van der Waals surface area contributed by atoms with Crippen LogP contribution in [0.25, 0.3) is 11.0 Å². The Hall–Kier alpha value is -0.654. The molecule has 2 saturated heterocycles. The summed E-state index contributed by atoms with van der Waals surface area (Å²) in [6.45, 7) is 3.84. The average molecular weight is 511 g/mol. The molecule has 0 spiro atoms. The maximum Gasteiger partial charge on any atom is 1.00 e. The Kier molecular flexibility index (Phi) is 10.1. The predicted molar refractivity (Wildman–Crippen MR) is 130 cm³/mol. The first-order valence-corrected chi connectivity index (χ1v) is 11.8. The Morgan fingerprint density at radius 1 is 1.15 bits per heavy atom. The fourth-order valence-corrected chi connectivity index (χ4v) is 5.37. The van der Waals surface area contributed by atoms with Crippen molar-refractivity contribution in [3.63, 3.8) is 0 Å². The number of rotatable bonds is 6. The van der Waals surface area contributed by atoms with Crippen LogP contribution >= 0.6 is 11.6 Å². The van der Waals surface area contributed by atoms with E-state index in [2.05, 4.69) is 14.5 Å². The summed E-state index contributed by atoms with van der Waals surface area (Å²) in [5, 5.41) is 15.9. The topological polar surface area (TPSA) is 89.1 Å². The fourth-order valence-electron chi connectivity index (χ4n) is 4.86. The molecule has 0 saturated carbocycles. The molecular formula is C23H28ClKN6OS. The van der Waals surface area contributed by atoms with Gasteiger partial charge in [-0.1, -0.05) is 11.6 Å². The molecule has 1 amide bonds. The van der Waals surface area contributed by atoms with Crippen LogP contribution in [0.4, 0.5) is 0 Å². The number of allylic oxidation sites excluding steroid dienone is 1. The van der Waals surface area contributed by atoms with Crippen molar-refractivity contribution in [1.29, 1.82) is 10.8 Å². The standard InChI is InChI=1S/C23H29ClN6OS.K/c24-18-1-2-21-20(13-18)27-23(32)30(21)19-6-11-29(12-7-19)22(31)17-4-9-28(10-5-17)15-16(14-26)3-8-25;/h1-3,8,13-14,17,19,25-26H,4-7,9-12,15H2,(H,27,32);/q;+1/p-1/b16-3+,25-8?,26-14?;. The van der Waals surface area contributed by atoms with Gasteiger partial charge in [-0.05, 0) is 73.8 Å². The first-order valence-electron chi connectivity index (χ1n) is 11.1. The molecule has 4 rings (SSSR count). The van der Waals surface area contributed by atoms with Gasteiger partial charge in [-0.15, -0.1) is 0 Å². The summed E-state index contributed by atoms with van der Waals surface area (Å²) in [5.41, 5.74) is 2.66. The van der Waals surface area contributed by atoms with E-state index in [1.54, 1.807) is 6.08 Å². The molecule has 0 unspecified atom stereocenters. The van der Waals surface area contributed by atoms with Gasteiger partial charge in [0.05, 0.1) is 11.0 Å². The number of carbonyl (C=O) groups excluding carboxylic acids is 1. The molecule has 10 heteroatoms. The number of amides is 1. The minimum atomic E-state index is 0. The normalized spacial score (nSPS) is 18.8. The smallest absolute Gasteiger partial charge is 0.742 e. The number of nitrogens with one attached hydrogen (secondary N) is 2. The largest absolute Gasteiger partial charge is 1.00 e. The zero-order valence-electron chi connectivity index (χ0n) is 19.0. The van der Waals surface area contributed by atoms with Gasteiger partial charge in [-0.25, -0.2) is 0 Å². The van der Waals surface area contributed by atoms with Gasteiger partial charge < -0.3 is 32.9 Å². The second kappa shape index (κ2) is 12.4. The maximum absolute atomic E-state index is 13.1. The molecule has 7 nitrogen and oxygen atoms in total. The van der Waals surface area contributed by atoms with Gasteiger partial charge in [-0.2, -0.15) is 0 Å². The van der Waals surface area contributed by atoms with E-state index in [1.807, 2.05) is 23.1 Å². The molecular weight excluding hydrogens is 483 g/mol. The first kappa shape index (κ1) is 26.9. The number of hydrogen-bond donors (Lipinski definition) is 2. The Bertz CT molecular complexity index is 1040. The molecule has 1 aromatic heterocycles. The number of nitrogens with zero attached hydrogens (tertiary/aromatic N) is 4. The van der Waals surface area contributed by atoms with E-state index in [-0.39, 0.29) is 69.3 Å². The van der Waals surface area contributed by atoms with Gasteiger partial charge >= 0.3 is 51.4 Å². The SMILES string of the molecule is N=C/C=C(\C=N)CN1CCC(C(=O)N2CCC(n3c([S-])nc4cc(Cl)ccc43)CC2)CC1.[K+]. The molecule has 0 bridgehead atoms. The van der Waals surface area contributed by atoms with Crippen molar-refractivity contribution >= 4 is 53.6 Å². The van der Waals surface area contributed by atoms with E-state index in [1.165, 1.54) is 12.4 Å². The first-order chi connectivity index (χ1) is 15.5. The number of carbonyl (C=O) groups is 1. The van der Waals surface area contributed by atoms with Crippen molar-refractivity contribution in [1.82, 2.24) is 19.4 Å². The molecule has 2 aromatic rings. The van der Waals surface area contributed by atoms with E-state index >= 15 is 0 Å². The molecule has 2 N–H and O–H groups in total. The summed E-state index contributed by atoms with van der Waals surface area (Å²) in [6, 6.07) is 5.95. The predicted octanol–water partition coefficient (Wildman–Crippen LogP) is 0.701. The zero-order valence-corrected chi connectivity index (χ0v) is 23.7. The fraction of sp³-hybridized carbons (Fsp3) is 0.478. The molecule has 1 aromatic carbocycles. The number of hydrogen-bond acceptors (Lipinski definition) is 6. The van der Waals surface area contributed by atoms with Crippen molar-refractivity contribution in [2.75, 3.05) is 32.7 Å². The number of halogens is 1.